The SMILES string of the molecule is COc1ccc(CC(C#N)CCC(C)=O)cc1. The molecule has 3 heteroatoms. The number of nitrogens with zero attached hydrogens (tertiary/aromatic N) is 1. The van der Waals surface area contributed by atoms with Crippen molar-refractivity contribution in [1.29, 1.82) is 5.26 Å². The van der Waals surface area contributed by atoms with Crippen molar-refractivity contribution in [2.24, 2.45) is 5.92 Å². The van der Waals surface area contributed by atoms with Crippen LogP contribution in [0.5, 0.6) is 5.75 Å². The third-order valence-electron chi connectivity index (χ3n) is 2.67. The predicted molar refractivity (Wildman–Crippen MR) is 65.7 cm³/mol. The fourth-order valence-electron chi connectivity index (χ4n) is 1.64. The van der Waals surface area contributed by atoms with E-state index in [9.17, 15) is 4.79 Å². The molecule has 17 heavy (non-hydrogen) atoms. The molecule has 3 nitrogen and oxygen atoms in total. The molecule has 0 saturated heterocycles. The third kappa shape index (κ3) is 4.69. The van der Waals surface area contributed by atoms with E-state index in [1.54, 1.807) is 14.0 Å². The van der Waals surface area contributed by atoms with E-state index in [4.69, 9.17) is 10.00 Å². The Morgan fingerprint density at radius 2 is 2.06 bits per heavy atom. The summed E-state index contributed by atoms with van der Waals surface area (Å²) in [5.74, 6) is 0.860. The van der Waals surface area contributed by atoms with Gasteiger partial charge in [0.15, 0.2) is 0 Å². The van der Waals surface area contributed by atoms with E-state index in [-0.39, 0.29) is 11.7 Å². The Bertz CT molecular complexity index is 403. The van der Waals surface area contributed by atoms with Crippen LogP contribution in [0, 0.1) is 17.2 Å². The number of benzene rings is 1. The monoisotopic (exact) mass is 231 g/mol. The molecule has 1 rings (SSSR count). The molecular weight excluding hydrogens is 214 g/mol. The highest BCUT2D eigenvalue weighted by molar-refractivity contribution is 5.75. The Hall–Kier alpha value is -1.82. The number of methoxy groups -OCH3 is 1. The van der Waals surface area contributed by atoms with Gasteiger partial charge in [-0.25, -0.2) is 0 Å². The van der Waals surface area contributed by atoms with Gasteiger partial charge in [0, 0.05) is 6.42 Å². The average molecular weight is 231 g/mol. The molecule has 1 aromatic rings. The summed E-state index contributed by atoms with van der Waals surface area (Å²) in [6.45, 7) is 1.56. The molecule has 0 aromatic heterocycles. The van der Waals surface area contributed by atoms with Gasteiger partial charge in [-0.2, -0.15) is 5.26 Å². The van der Waals surface area contributed by atoms with Gasteiger partial charge in [0.1, 0.15) is 11.5 Å². The van der Waals surface area contributed by atoms with Crippen molar-refractivity contribution in [2.75, 3.05) is 7.11 Å². The Kier molecular flexibility index (Phi) is 5.22. The van der Waals surface area contributed by atoms with Crippen molar-refractivity contribution < 1.29 is 9.53 Å². The molecule has 0 N–H and O–H groups in total. The zero-order valence-corrected chi connectivity index (χ0v) is 10.3. The minimum atomic E-state index is -0.0905. The van der Waals surface area contributed by atoms with Gasteiger partial charge in [0.25, 0.3) is 0 Å². The summed E-state index contributed by atoms with van der Waals surface area (Å²) in [5.41, 5.74) is 1.10. The zero-order chi connectivity index (χ0) is 12.7. The molecule has 0 amide bonds. The second-order valence-electron chi connectivity index (χ2n) is 4.12. The Morgan fingerprint density at radius 1 is 1.41 bits per heavy atom. The van der Waals surface area contributed by atoms with E-state index in [1.165, 1.54) is 0 Å². The van der Waals surface area contributed by atoms with Gasteiger partial charge >= 0.3 is 0 Å². The lowest BCUT2D eigenvalue weighted by Crippen LogP contribution is -2.04. The highest BCUT2D eigenvalue weighted by atomic mass is 16.5. The molecule has 1 atom stereocenters. The molecule has 1 unspecified atom stereocenters. The lowest BCUT2D eigenvalue weighted by Gasteiger charge is -2.08. The minimum Gasteiger partial charge on any atom is -0.497 e. The summed E-state index contributed by atoms with van der Waals surface area (Å²) in [5, 5.41) is 9.02. The highest BCUT2D eigenvalue weighted by Gasteiger charge is 2.09. The van der Waals surface area contributed by atoms with E-state index in [2.05, 4.69) is 6.07 Å². The number of nitriles is 1. The van der Waals surface area contributed by atoms with Crippen LogP contribution >= 0.6 is 0 Å². The lowest BCUT2D eigenvalue weighted by atomic mass is 9.95. The molecule has 0 saturated carbocycles. The van der Waals surface area contributed by atoms with E-state index in [0.29, 0.717) is 19.3 Å². The largest absolute Gasteiger partial charge is 0.497 e. The number of ketones is 1. The molecule has 0 fully saturated rings. The van der Waals surface area contributed by atoms with Crippen molar-refractivity contribution in [3.8, 4) is 11.8 Å². The molecule has 1 aromatic carbocycles. The average Bonchev–Trinajstić information content (AvgIpc) is 2.35. The van der Waals surface area contributed by atoms with Crippen LogP contribution < -0.4 is 4.74 Å². The fourth-order valence-corrected chi connectivity index (χ4v) is 1.64. The number of hydrogen-bond donors (Lipinski definition) is 0. The smallest absolute Gasteiger partial charge is 0.129 e. The van der Waals surface area contributed by atoms with Gasteiger partial charge in [-0.05, 0) is 37.5 Å². The van der Waals surface area contributed by atoms with Gasteiger partial charge in [-0.3, -0.25) is 0 Å². The quantitative estimate of drug-likeness (QED) is 0.756. The highest BCUT2D eigenvalue weighted by Crippen LogP contribution is 2.17. The topological polar surface area (TPSA) is 50.1 Å². The molecule has 90 valence electrons. The second kappa shape index (κ2) is 6.70. The van der Waals surface area contributed by atoms with Crippen molar-refractivity contribution in [3.63, 3.8) is 0 Å². The maximum atomic E-state index is 10.9. The molecule has 0 aliphatic heterocycles. The number of Topliss-reactive ketones (excluding diaryl/α,β-unsaturated/α-hetero) is 1. The standard InChI is InChI=1S/C14H17NO2/c1-11(16)3-4-13(10-15)9-12-5-7-14(17-2)8-6-12/h5-8,13H,3-4,9H2,1-2H3. The van der Waals surface area contributed by atoms with Crippen molar-refractivity contribution in [1.82, 2.24) is 0 Å². The Morgan fingerprint density at radius 3 is 2.53 bits per heavy atom. The Balaban J connectivity index is 2.55. The Labute approximate surface area is 102 Å². The predicted octanol–water partition coefficient (Wildman–Crippen LogP) is 2.75. The summed E-state index contributed by atoms with van der Waals surface area (Å²) in [7, 11) is 1.62. The first-order chi connectivity index (χ1) is 8.15. The van der Waals surface area contributed by atoms with Crippen LogP contribution in [-0.4, -0.2) is 12.9 Å². The summed E-state index contributed by atoms with van der Waals surface area (Å²) in [6.07, 6.45) is 1.81. The zero-order valence-electron chi connectivity index (χ0n) is 10.3. The molecule has 0 aliphatic rings. The van der Waals surface area contributed by atoms with Gasteiger partial charge in [0.2, 0.25) is 0 Å². The van der Waals surface area contributed by atoms with E-state index in [1.807, 2.05) is 24.3 Å². The molecule has 0 aliphatic carbocycles. The van der Waals surface area contributed by atoms with Crippen LogP contribution in [0.4, 0.5) is 0 Å². The maximum absolute atomic E-state index is 10.9. The lowest BCUT2D eigenvalue weighted by molar-refractivity contribution is -0.117. The first-order valence-corrected chi connectivity index (χ1v) is 5.67. The van der Waals surface area contributed by atoms with Gasteiger partial charge in [-0.1, -0.05) is 12.1 Å². The van der Waals surface area contributed by atoms with Crippen molar-refractivity contribution in [2.45, 2.75) is 26.2 Å². The van der Waals surface area contributed by atoms with Crippen LogP contribution in [-0.2, 0) is 11.2 Å². The van der Waals surface area contributed by atoms with Gasteiger partial charge in [-0.15, -0.1) is 0 Å². The van der Waals surface area contributed by atoms with Crippen molar-refractivity contribution in [3.05, 3.63) is 29.8 Å². The van der Waals surface area contributed by atoms with E-state index in [0.717, 1.165) is 11.3 Å². The molecule has 0 radical (unpaired) electrons. The van der Waals surface area contributed by atoms with Crippen LogP contribution in [0.25, 0.3) is 0 Å². The number of ether oxygens (including phenoxy) is 1. The number of hydrogen-bond acceptors (Lipinski definition) is 3. The fraction of sp³-hybridized carbons (Fsp3) is 0.429. The van der Waals surface area contributed by atoms with Crippen LogP contribution in [0.3, 0.4) is 0 Å². The van der Waals surface area contributed by atoms with Crippen LogP contribution in [0.2, 0.25) is 0 Å². The summed E-state index contributed by atoms with van der Waals surface area (Å²) in [6, 6.07) is 9.93. The van der Waals surface area contributed by atoms with Crippen LogP contribution in [0.15, 0.2) is 24.3 Å². The van der Waals surface area contributed by atoms with Crippen LogP contribution in [0.1, 0.15) is 25.3 Å². The number of rotatable bonds is 6. The normalized spacial score (nSPS) is 11.6. The summed E-state index contributed by atoms with van der Waals surface area (Å²) < 4.78 is 5.07. The minimum absolute atomic E-state index is 0.0905. The first-order valence-electron chi connectivity index (χ1n) is 5.67. The maximum Gasteiger partial charge on any atom is 0.129 e. The van der Waals surface area contributed by atoms with Crippen molar-refractivity contribution >= 4 is 5.78 Å². The number of carbonyl (C=O) groups excluding carboxylic acids is 1. The molecule has 0 heterocycles. The summed E-state index contributed by atoms with van der Waals surface area (Å²) in [4.78, 5) is 10.9. The first kappa shape index (κ1) is 13.2. The summed E-state index contributed by atoms with van der Waals surface area (Å²) >= 11 is 0. The van der Waals surface area contributed by atoms with E-state index < -0.39 is 0 Å². The number of carbonyl (C=O) groups is 1. The molecule has 0 bridgehead atoms. The molecule has 0 spiro atoms. The van der Waals surface area contributed by atoms with Gasteiger partial charge in [0.05, 0.1) is 19.1 Å². The van der Waals surface area contributed by atoms with E-state index >= 15 is 0 Å². The van der Waals surface area contributed by atoms with Gasteiger partial charge < -0.3 is 9.53 Å². The third-order valence-corrected chi connectivity index (χ3v) is 2.67. The molecular formula is C14H17NO2. The second-order valence-corrected chi connectivity index (χ2v) is 4.12.